The molecule has 0 unspecified atom stereocenters. The molecule has 4 rings (SSSR count). The number of hydrogen-bond acceptors (Lipinski definition) is 2. The molecule has 0 bridgehead atoms. The van der Waals surface area contributed by atoms with Gasteiger partial charge in [-0.25, -0.2) is 0 Å². The topological polar surface area (TPSA) is 37.4 Å². The first-order valence-electron chi connectivity index (χ1n) is 9.91. The van der Waals surface area contributed by atoms with Crippen LogP contribution in [0.5, 0.6) is 0 Å². The van der Waals surface area contributed by atoms with Crippen LogP contribution in [-0.4, -0.2) is 18.1 Å². The number of halogens is 3. The van der Waals surface area contributed by atoms with Crippen molar-refractivity contribution < 1.29 is 18.4 Å². The van der Waals surface area contributed by atoms with Crippen LogP contribution in [-0.2, 0) is 17.8 Å². The molecule has 0 aromatic heterocycles. The summed E-state index contributed by atoms with van der Waals surface area (Å²) < 4.78 is 27.8. The van der Waals surface area contributed by atoms with Crippen LogP contribution in [0.3, 0.4) is 0 Å². The maximum absolute atomic E-state index is 14.4. The summed E-state index contributed by atoms with van der Waals surface area (Å²) in [6, 6.07) is 21.2. The summed E-state index contributed by atoms with van der Waals surface area (Å²) in [5, 5.41) is 0. The second-order valence-corrected chi connectivity index (χ2v) is 12.5. The Morgan fingerprint density at radius 3 is 2.03 bits per heavy atom. The zero-order valence-electron chi connectivity index (χ0n) is 17.2. The molecule has 1 aliphatic rings. The van der Waals surface area contributed by atoms with Crippen molar-refractivity contribution in [2.45, 2.75) is 32.4 Å². The molecule has 160 valence electrons. The van der Waals surface area contributed by atoms with Crippen LogP contribution in [0.2, 0.25) is 0 Å². The van der Waals surface area contributed by atoms with E-state index in [9.17, 15) is 18.4 Å². The molecule has 1 heterocycles. The van der Waals surface area contributed by atoms with E-state index in [0.29, 0.717) is 6.42 Å². The van der Waals surface area contributed by atoms with Gasteiger partial charge >= 0.3 is 188 Å². The Balaban J connectivity index is 1.68. The first-order valence-corrected chi connectivity index (χ1v) is 13.1. The van der Waals surface area contributed by atoms with Gasteiger partial charge in [0.15, 0.2) is 0 Å². The Labute approximate surface area is 187 Å². The van der Waals surface area contributed by atoms with Crippen LogP contribution in [0.25, 0.3) is 0 Å². The van der Waals surface area contributed by atoms with Crippen molar-refractivity contribution in [2.75, 3.05) is 0 Å². The maximum atomic E-state index is 14.4. The van der Waals surface area contributed by atoms with Crippen molar-refractivity contribution in [3.05, 3.63) is 105 Å². The molecule has 31 heavy (non-hydrogen) atoms. The van der Waals surface area contributed by atoms with E-state index >= 15 is 0 Å². The molecule has 3 aromatic rings. The molecule has 1 amide bonds. The molecule has 0 spiro atoms. The Bertz CT molecular complexity index is 1130. The van der Waals surface area contributed by atoms with Gasteiger partial charge in [0.1, 0.15) is 0 Å². The van der Waals surface area contributed by atoms with E-state index in [0.717, 1.165) is 28.8 Å². The molecule has 6 heteroatoms. The summed E-state index contributed by atoms with van der Waals surface area (Å²) in [6.07, 6.45) is 0.692. The van der Waals surface area contributed by atoms with Gasteiger partial charge in [-0.05, 0) is 0 Å². The molecular formula is C25H22F2INO2. The average Bonchev–Trinajstić information content (AvgIpc) is 2.90. The SMILES string of the molecule is CC1(C)C(=O)I(c2c(F)cccc2F)C(=O)N1Cc1ccccc1Cc1ccccc1. The number of hydrogen-bond donors (Lipinski definition) is 0. The summed E-state index contributed by atoms with van der Waals surface area (Å²) in [4.78, 5) is 28.1. The molecule has 0 radical (unpaired) electrons. The number of amides is 1. The Morgan fingerprint density at radius 1 is 0.806 bits per heavy atom. The van der Waals surface area contributed by atoms with Crippen molar-refractivity contribution in [3.63, 3.8) is 0 Å². The molecule has 0 saturated carbocycles. The Kier molecular flexibility index (Phi) is 5.92. The number of benzene rings is 3. The molecule has 0 N–H and O–H groups in total. The first-order chi connectivity index (χ1) is 14.8. The van der Waals surface area contributed by atoms with E-state index in [1.807, 2.05) is 54.6 Å². The van der Waals surface area contributed by atoms with Crippen molar-refractivity contribution >= 4 is 27.5 Å². The number of carbonyl (C=O) groups excluding carboxylic acids is 2. The molecule has 0 atom stereocenters. The predicted octanol–water partition coefficient (Wildman–Crippen LogP) is 6.17. The summed E-state index contributed by atoms with van der Waals surface area (Å²) in [5.74, 6) is -1.62. The molecule has 1 saturated heterocycles. The van der Waals surface area contributed by atoms with Crippen molar-refractivity contribution in [1.82, 2.24) is 4.90 Å². The zero-order valence-corrected chi connectivity index (χ0v) is 19.4. The van der Waals surface area contributed by atoms with Gasteiger partial charge in [0, 0.05) is 0 Å². The van der Waals surface area contributed by atoms with Gasteiger partial charge in [-0.15, -0.1) is 0 Å². The van der Waals surface area contributed by atoms with Crippen LogP contribution < -0.4 is 0 Å². The third kappa shape index (κ3) is 4.01. The van der Waals surface area contributed by atoms with Gasteiger partial charge in [0.2, 0.25) is 0 Å². The molecule has 1 aliphatic heterocycles. The molecule has 0 aliphatic carbocycles. The van der Waals surface area contributed by atoms with Gasteiger partial charge in [-0.2, -0.15) is 0 Å². The summed E-state index contributed by atoms with van der Waals surface area (Å²) in [7, 11) is 0. The van der Waals surface area contributed by atoms with Crippen molar-refractivity contribution in [3.8, 4) is 0 Å². The van der Waals surface area contributed by atoms with Crippen LogP contribution in [0.1, 0.15) is 30.5 Å². The van der Waals surface area contributed by atoms with E-state index in [1.54, 1.807) is 13.8 Å². The number of rotatable bonds is 5. The zero-order chi connectivity index (χ0) is 22.2. The average molecular weight is 533 g/mol. The molecule has 3 nitrogen and oxygen atoms in total. The fraction of sp³-hybridized carbons (Fsp3) is 0.200. The van der Waals surface area contributed by atoms with E-state index in [2.05, 4.69) is 0 Å². The van der Waals surface area contributed by atoms with E-state index in [4.69, 9.17) is 0 Å². The molecule has 3 aromatic carbocycles. The van der Waals surface area contributed by atoms with Crippen LogP contribution in [0.15, 0.2) is 72.8 Å². The minimum atomic E-state index is -3.44. The monoisotopic (exact) mass is 533 g/mol. The fourth-order valence-electron chi connectivity index (χ4n) is 3.69. The van der Waals surface area contributed by atoms with Gasteiger partial charge in [-0.3, -0.25) is 0 Å². The van der Waals surface area contributed by atoms with Gasteiger partial charge in [0.25, 0.3) is 0 Å². The quantitative estimate of drug-likeness (QED) is 0.170. The van der Waals surface area contributed by atoms with E-state index in [-0.39, 0.29) is 13.9 Å². The van der Waals surface area contributed by atoms with E-state index < -0.39 is 40.9 Å². The van der Waals surface area contributed by atoms with Crippen LogP contribution in [0.4, 0.5) is 13.6 Å². The predicted molar refractivity (Wildman–Crippen MR) is 125 cm³/mol. The second-order valence-electron chi connectivity index (χ2n) is 7.92. The Hall–Kier alpha value is -2.61. The standard InChI is InChI=1S/C25H22F2INO2/c1-25(2)23(30)28(22-20(26)13-8-14-21(22)27)24(31)29(25)16-19-12-7-6-11-18(19)15-17-9-4-3-5-10-17/h3-14H,15-16H2,1-2H3. The third-order valence-electron chi connectivity index (χ3n) is 5.48. The minimum absolute atomic E-state index is 0.227. The summed E-state index contributed by atoms with van der Waals surface area (Å²) in [5.41, 5.74) is 2.00. The van der Waals surface area contributed by atoms with Gasteiger partial charge < -0.3 is 0 Å². The summed E-state index contributed by atoms with van der Waals surface area (Å²) in [6.45, 7) is 3.57. The normalized spacial score (nSPS) is 16.8. The number of nitrogens with zero attached hydrogens (tertiary/aromatic N) is 1. The van der Waals surface area contributed by atoms with Gasteiger partial charge in [-0.1, -0.05) is 0 Å². The first kappa shape index (κ1) is 21.6. The second kappa shape index (κ2) is 8.49. The van der Waals surface area contributed by atoms with Crippen molar-refractivity contribution in [2.24, 2.45) is 0 Å². The van der Waals surface area contributed by atoms with E-state index in [1.165, 1.54) is 11.0 Å². The third-order valence-corrected chi connectivity index (χ3v) is 11.4. The summed E-state index contributed by atoms with van der Waals surface area (Å²) >= 11 is -3.44. The number of carbonyl (C=O) groups is 2. The molecular weight excluding hydrogens is 511 g/mol. The Morgan fingerprint density at radius 2 is 1.39 bits per heavy atom. The van der Waals surface area contributed by atoms with Crippen LogP contribution in [0, 0.1) is 15.2 Å². The molecule has 1 fully saturated rings. The van der Waals surface area contributed by atoms with Crippen molar-refractivity contribution in [1.29, 1.82) is 0 Å². The fourth-order valence-corrected chi connectivity index (χ4v) is 9.41. The van der Waals surface area contributed by atoms with Crippen LogP contribution >= 0.6 is 19.8 Å². The van der Waals surface area contributed by atoms with Gasteiger partial charge in [0.05, 0.1) is 0 Å².